The van der Waals surface area contributed by atoms with Crippen molar-refractivity contribution in [3.63, 3.8) is 0 Å². The molecular formula is C11H21N3O. The summed E-state index contributed by atoms with van der Waals surface area (Å²) in [5, 5.41) is 3.92. The molecule has 1 aromatic rings. The predicted molar refractivity (Wildman–Crippen MR) is 59.4 cm³/mol. The van der Waals surface area contributed by atoms with Crippen molar-refractivity contribution >= 4 is 0 Å². The van der Waals surface area contributed by atoms with Gasteiger partial charge in [0.05, 0.1) is 0 Å². The fraction of sp³-hybridized carbons (Fsp3) is 0.818. The molecule has 86 valence electrons. The summed E-state index contributed by atoms with van der Waals surface area (Å²) >= 11 is 0. The lowest BCUT2D eigenvalue weighted by atomic mass is 9.92. The van der Waals surface area contributed by atoms with Crippen molar-refractivity contribution in [3.8, 4) is 0 Å². The fourth-order valence-electron chi connectivity index (χ4n) is 1.28. The van der Waals surface area contributed by atoms with Gasteiger partial charge in [0, 0.05) is 18.9 Å². The number of aromatic nitrogens is 2. The Bertz CT molecular complexity index is 301. The van der Waals surface area contributed by atoms with E-state index in [1.54, 1.807) is 0 Å². The third-order valence-corrected chi connectivity index (χ3v) is 2.16. The van der Waals surface area contributed by atoms with Gasteiger partial charge in [0.25, 0.3) is 0 Å². The predicted octanol–water partition coefficient (Wildman–Crippen LogP) is 1.94. The van der Waals surface area contributed by atoms with Gasteiger partial charge in [0.1, 0.15) is 0 Å². The molecule has 0 aliphatic carbocycles. The third-order valence-electron chi connectivity index (χ3n) is 2.16. The highest BCUT2D eigenvalue weighted by Gasteiger charge is 2.17. The highest BCUT2D eigenvalue weighted by atomic mass is 16.5. The Labute approximate surface area is 91.2 Å². The van der Waals surface area contributed by atoms with E-state index in [0.717, 1.165) is 18.7 Å². The van der Waals surface area contributed by atoms with Crippen molar-refractivity contribution in [1.82, 2.24) is 10.1 Å². The topological polar surface area (TPSA) is 64.9 Å². The van der Waals surface area contributed by atoms with Crippen LogP contribution < -0.4 is 5.73 Å². The molecule has 2 N–H and O–H groups in total. The van der Waals surface area contributed by atoms with E-state index >= 15 is 0 Å². The highest BCUT2D eigenvalue weighted by molar-refractivity contribution is 4.91. The minimum absolute atomic E-state index is 0.130. The molecule has 15 heavy (non-hydrogen) atoms. The summed E-state index contributed by atoms with van der Waals surface area (Å²) in [4.78, 5) is 4.33. The minimum atomic E-state index is 0.130. The van der Waals surface area contributed by atoms with Crippen LogP contribution in [0.25, 0.3) is 0 Å². The van der Waals surface area contributed by atoms with E-state index in [4.69, 9.17) is 10.3 Å². The van der Waals surface area contributed by atoms with E-state index in [0.29, 0.717) is 12.3 Å². The largest absolute Gasteiger partial charge is 0.339 e. The van der Waals surface area contributed by atoms with Crippen LogP contribution in [-0.2, 0) is 12.8 Å². The maximum absolute atomic E-state index is 5.82. The van der Waals surface area contributed by atoms with Gasteiger partial charge in [-0.3, -0.25) is 0 Å². The maximum atomic E-state index is 5.82. The molecule has 4 nitrogen and oxygen atoms in total. The molecule has 1 aromatic heterocycles. The van der Waals surface area contributed by atoms with Crippen LogP contribution in [0, 0.1) is 5.41 Å². The molecule has 0 amide bonds. The molecule has 0 aromatic carbocycles. The number of hydrogen-bond acceptors (Lipinski definition) is 4. The molecule has 0 spiro atoms. The fourth-order valence-corrected chi connectivity index (χ4v) is 1.28. The maximum Gasteiger partial charge on any atom is 0.227 e. The summed E-state index contributed by atoms with van der Waals surface area (Å²) in [6.07, 6.45) is 2.44. The molecule has 0 fully saturated rings. The SMILES string of the molecule is CCC(N)Cc1noc(CC(C)(C)C)n1. The molecule has 1 heterocycles. The molecule has 0 aliphatic rings. The van der Waals surface area contributed by atoms with Crippen LogP contribution in [0.1, 0.15) is 45.8 Å². The van der Waals surface area contributed by atoms with E-state index in [1.165, 1.54) is 0 Å². The smallest absolute Gasteiger partial charge is 0.227 e. The van der Waals surface area contributed by atoms with Crippen molar-refractivity contribution in [2.45, 2.75) is 53.0 Å². The van der Waals surface area contributed by atoms with Crippen molar-refractivity contribution < 1.29 is 4.52 Å². The Balaban J connectivity index is 2.56. The molecule has 1 atom stereocenters. The molecule has 0 bridgehead atoms. The van der Waals surface area contributed by atoms with Gasteiger partial charge in [-0.05, 0) is 11.8 Å². The molecule has 1 rings (SSSR count). The summed E-state index contributed by atoms with van der Waals surface area (Å²) < 4.78 is 5.17. The number of rotatable bonds is 4. The monoisotopic (exact) mass is 211 g/mol. The second-order valence-corrected chi connectivity index (χ2v) is 5.21. The average molecular weight is 211 g/mol. The van der Waals surface area contributed by atoms with E-state index in [1.807, 2.05) is 0 Å². The van der Waals surface area contributed by atoms with Crippen LogP contribution in [0.2, 0.25) is 0 Å². The summed E-state index contributed by atoms with van der Waals surface area (Å²) in [5.74, 6) is 1.43. The summed E-state index contributed by atoms with van der Waals surface area (Å²) in [7, 11) is 0. The summed E-state index contributed by atoms with van der Waals surface area (Å²) in [6.45, 7) is 8.50. The molecule has 1 unspecified atom stereocenters. The minimum Gasteiger partial charge on any atom is -0.339 e. The van der Waals surface area contributed by atoms with Crippen LogP contribution >= 0.6 is 0 Å². The first kappa shape index (κ1) is 12.2. The van der Waals surface area contributed by atoms with Crippen LogP contribution in [0.5, 0.6) is 0 Å². The van der Waals surface area contributed by atoms with Crippen LogP contribution in [0.15, 0.2) is 4.52 Å². The van der Waals surface area contributed by atoms with Crippen LogP contribution in [-0.4, -0.2) is 16.2 Å². The zero-order valence-electron chi connectivity index (χ0n) is 10.1. The van der Waals surface area contributed by atoms with Gasteiger partial charge in [0.15, 0.2) is 5.82 Å². The Morgan fingerprint density at radius 2 is 2.07 bits per heavy atom. The molecule has 0 radical (unpaired) electrons. The lowest BCUT2D eigenvalue weighted by Gasteiger charge is -2.13. The number of nitrogens with zero attached hydrogens (tertiary/aromatic N) is 2. The summed E-state index contributed by atoms with van der Waals surface area (Å²) in [6, 6.07) is 0.130. The Morgan fingerprint density at radius 1 is 1.40 bits per heavy atom. The van der Waals surface area contributed by atoms with Crippen molar-refractivity contribution in [2.24, 2.45) is 11.1 Å². The van der Waals surface area contributed by atoms with Gasteiger partial charge < -0.3 is 10.3 Å². The van der Waals surface area contributed by atoms with Gasteiger partial charge in [-0.25, -0.2) is 0 Å². The second kappa shape index (κ2) is 4.75. The molecular weight excluding hydrogens is 190 g/mol. The first-order valence-electron chi connectivity index (χ1n) is 5.48. The first-order chi connectivity index (χ1) is 6.90. The van der Waals surface area contributed by atoms with E-state index in [-0.39, 0.29) is 11.5 Å². The third kappa shape index (κ3) is 4.42. The van der Waals surface area contributed by atoms with Crippen LogP contribution in [0.3, 0.4) is 0 Å². The van der Waals surface area contributed by atoms with Gasteiger partial charge in [-0.2, -0.15) is 4.98 Å². The first-order valence-corrected chi connectivity index (χ1v) is 5.48. The van der Waals surface area contributed by atoms with Gasteiger partial charge >= 0.3 is 0 Å². The Hall–Kier alpha value is -0.900. The lowest BCUT2D eigenvalue weighted by molar-refractivity contribution is 0.312. The van der Waals surface area contributed by atoms with E-state index in [2.05, 4.69) is 37.8 Å². The van der Waals surface area contributed by atoms with Gasteiger partial charge in [-0.15, -0.1) is 0 Å². The van der Waals surface area contributed by atoms with Crippen molar-refractivity contribution in [3.05, 3.63) is 11.7 Å². The normalized spacial score (nSPS) is 14.2. The molecule has 0 saturated heterocycles. The standard InChI is InChI=1S/C11H21N3O/c1-5-8(12)6-9-13-10(15-14-9)7-11(2,3)4/h8H,5-7,12H2,1-4H3. The van der Waals surface area contributed by atoms with E-state index in [9.17, 15) is 0 Å². The van der Waals surface area contributed by atoms with Crippen molar-refractivity contribution in [2.75, 3.05) is 0 Å². The lowest BCUT2D eigenvalue weighted by Crippen LogP contribution is -2.22. The van der Waals surface area contributed by atoms with Gasteiger partial charge in [-0.1, -0.05) is 32.9 Å². The number of nitrogens with two attached hydrogens (primary N) is 1. The zero-order chi connectivity index (χ0) is 11.5. The quantitative estimate of drug-likeness (QED) is 0.826. The molecule has 4 heteroatoms. The zero-order valence-corrected chi connectivity index (χ0v) is 10.1. The molecule has 0 aliphatic heterocycles. The number of hydrogen-bond donors (Lipinski definition) is 1. The Morgan fingerprint density at radius 3 is 2.60 bits per heavy atom. The van der Waals surface area contributed by atoms with Crippen LogP contribution in [0.4, 0.5) is 0 Å². The molecule has 0 saturated carbocycles. The Kier molecular flexibility index (Phi) is 3.85. The van der Waals surface area contributed by atoms with E-state index < -0.39 is 0 Å². The van der Waals surface area contributed by atoms with Crippen molar-refractivity contribution in [1.29, 1.82) is 0 Å². The average Bonchev–Trinajstić information content (AvgIpc) is 2.49. The van der Waals surface area contributed by atoms with Gasteiger partial charge in [0.2, 0.25) is 5.89 Å². The highest BCUT2D eigenvalue weighted by Crippen LogP contribution is 2.19. The second-order valence-electron chi connectivity index (χ2n) is 5.21. The summed E-state index contributed by atoms with van der Waals surface area (Å²) in [5.41, 5.74) is 6.00.